The molecule has 15 heavy (non-hydrogen) atoms. The van der Waals surface area contributed by atoms with Crippen LogP contribution in [0.5, 0.6) is 0 Å². The van der Waals surface area contributed by atoms with Crippen LogP contribution in [0.1, 0.15) is 6.92 Å². The fraction of sp³-hybridized carbons (Fsp3) is 0.455. The predicted octanol–water partition coefficient (Wildman–Crippen LogP) is 1.49. The van der Waals surface area contributed by atoms with Crippen LogP contribution in [0, 0.1) is 0 Å². The minimum absolute atomic E-state index is 0.858. The topological polar surface area (TPSA) is 30.7 Å². The zero-order valence-electron chi connectivity index (χ0n) is 9.51. The Balaban J connectivity index is 2.37. The summed E-state index contributed by atoms with van der Waals surface area (Å²) in [5.41, 5.74) is 2.07. The number of hydrogen-bond acceptors (Lipinski definition) is 2. The number of hydrogen-bond donors (Lipinski definition) is 0. The molecule has 0 atom stereocenters. The standard InChI is InChI=1S/C11H17N4/c1-4-15(2,3)9-14-11-8-6-5-7-10(11)12-13-14/h5-8H,4,9H2,1-3H3/q+1. The van der Waals surface area contributed by atoms with Gasteiger partial charge in [-0.05, 0) is 19.1 Å². The molecule has 1 aromatic heterocycles. The molecule has 0 aliphatic carbocycles. The number of fused-ring (bicyclic) bond motifs is 1. The minimum Gasteiger partial charge on any atom is -0.310 e. The first-order chi connectivity index (χ1) is 7.12. The molecule has 0 bridgehead atoms. The van der Waals surface area contributed by atoms with E-state index in [-0.39, 0.29) is 0 Å². The molecule has 2 aromatic rings. The third-order valence-corrected chi connectivity index (χ3v) is 2.79. The Morgan fingerprint density at radius 2 is 2.00 bits per heavy atom. The van der Waals surface area contributed by atoms with Gasteiger partial charge in [0.2, 0.25) is 0 Å². The Hall–Kier alpha value is -1.42. The maximum absolute atomic E-state index is 4.18. The van der Waals surface area contributed by atoms with Crippen molar-refractivity contribution in [1.29, 1.82) is 0 Å². The Morgan fingerprint density at radius 3 is 2.73 bits per heavy atom. The monoisotopic (exact) mass is 205 g/mol. The Kier molecular flexibility index (Phi) is 2.44. The van der Waals surface area contributed by atoms with E-state index < -0.39 is 0 Å². The molecular formula is C11H17N4+. The van der Waals surface area contributed by atoms with Crippen LogP contribution in [-0.4, -0.2) is 40.1 Å². The number of para-hydroxylation sites is 1. The van der Waals surface area contributed by atoms with Crippen LogP contribution in [0.4, 0.5) is 0 Å². The molecule has 0 fully saturated rings. The number of nitrogens with zero attached hydrogens (tertiary/aromatic N) is 4. The van der Waals surface area contributed by atoms with Crippen LogP contribution < -0.4 is 0 Å². The van der Waals surface area contributed by atoms with Gasteiger partial charge in [0.25, 0.3) is 0 Å². The van der Waals surface area contributed by atoms with Gasteiger partial charge in [-0.2, -0.15) is 4.68 Å². The molecule has 2 rings (SSSR count). The van der Waals surface area contributed by atoms with Crippen molar-refractivity contribution in [1.82, 2.24) is 15.0 Å². The van der Waals surface area contributed by atoms with Crippen LogP contribution in [-0.2, 0) is 6.67 Å². The maximum atomic E-state index is 4.18. The highest BCUT2D eigenvalue weighted by molar-refractivity contribution is 5.73. The van der Waals surface area contributed by atoms with Gasteiger partial charge in [-0.1, -0.05) is 17.3 Å². The number of rotatable bonds is 3. The van der Waals surface area contributed by atoms with Crippen molar-refractivity contribution in [2.24, 2.45) is 0 Å². The van der Waals surface area contributed by atoms with E-state index in [1.807, 2.05) is 22.9 Å². The summed E-state index contributed by atoms with van der Waals surface area (Å²) in [6, 6.07) is 8.06. The lowest BCUT2D eigenvalue weighted by molar-refractivity contribution is -0.911. The van der Waals surface area contributed by atoms with Gasteiger partial charge in [-0.15, -0.1) is 5.10 Å². The van der Waals surface area contributed by atoms with Gasteiger partial charge in [-0.25, -0.2) is 0 Å². The first-order valence-electron chi connectivity index (χ1n) is 5.22. The van der Waals surface area contributed by atoms with Gasteiger partial charge < -0.3 is 4.48 Å². The fourth-order valence-electron chi connectivity index (χ4n) is 1.48. The average molecular weight is 205 g/mol. The second kappa shape index (κ2) is 3.62. The van der Waals surface area contributed by atoms with E-state index in [2.05, 4.69) is 37.4 Å². The minimum atomic E-state index is 0.858. The van der Waals surface area contributed by atoms with Crippen molar-refractivity contribution < 1.29 is 4.48 Å². The number of aromatic nitrogens is 3. The number of benzene rings is 1. The van der Waals surface area contributed by atoms with Crippen molar-refractivity contribution >= 4 is 11.0 Å². The van der Waals surface area contributed by atoms with E-state index in [1.54, 1.807) is 0 Å². The first kappa shape index (κ1) is 10.1. The van der Waals surface area contributed by atoms with Crippen molar-refractivity contribution in [2.75, 3.05) is 20.6 Å². The number of quaternary nitrogens is 1. The van der Waals surface area contributed by atoms with E-state index >= 15 is 0 Å². The summed E-state index contributed by atoms with van der Waals surface area (Å²) in [4.78, 5) is 0. The quantitative estimate of drug-likeness (QED) is 0.711. The molecule has 0 radical (unpaired) electrons. The van der Waals surface area contributed by atoms with Gasteiger partial charge in [0.15, 0.2) is 6.67 Å². The summed E-state index contributed by atoms with van der Waals surface area (Å²) < 4.78 is 2.88. The van der Waals surface area contributed by atoms with E-state index in [0.717, 1.165) is 28.7 Å². The third-order valence-electron chi connectivity index (χ3n) is 2.79. The summed E-state index contributed by atoms with van der Waals surface area (Å²) >= 11 is 0. The maximum Gasteiger partial charge on any atom is 0.176 e. The molecule has 0 aliphatic heterocycles. The first-order valence-corrected chi connectivity index (χ1v) is 5.22. The fourth-order valence-corrected chi connectivity index (χ4v) is 1.48. The molecule has 0 unspecified atom stereocenters. The summed E-state index contributed by atoms with van der Waals surface area (Å²) in [5, 5.41) is 8.32. The average Bonchev–Trinajstić information content (AvgIpc) is 2.62. The van der Waals surface area contributed by atoms with Crippen LogP contribution >= 0.6 is 0 Å². The second-order valence-electron chi connectivity index (χ2n) is 4.47. The highest BCUT2D eigenvalue weighted by Gasteiger charge is 2.15. The molecule has 4 nitrogen and oxygen atoms in total. The van der Waals surface area contributed by atoms with Crippen LogP contribution in [0.3, 0.4) is 0 Å². The van der Waals surface area contributed by atoms with Crippen molar-refractivity contribution in [3.05, 3.63) is 24.3 Å². The molecule has 80 valence electrons. The highest BCUT2D eigenvalue weighted by atomic mass is 15.5. The van der Waals surface area contributed by atoms with Crippen LogP contribution in [0.25, 0.3) is 11.0 Å². The zero-order valence-corrected chi connectivity index (χ0v) is 9.51. The van der Waals surface area contributed by atoms with Gasteiger partial charge in [0.05, 0.1) is 26.2 Å². The molecule has 0 saturated heterocycles. The largest absolute Gasteiger partial charge is 0.310 e. The summed E-state index contributed by atoms with van der Waals surface area (Å²) in [6.45, 7) is 4.12. The predicted molar refractivity (Wildman–Crippen MR) is 60.2 cm³/mol. The summed E-state index contributed by atoms with van der Waals surface area (Å²) in [5.74, 6) is 0. The smallest absolute Gasteiger partial charge is 0.176 e. The SMILES string of the molecule is CC[N+](C)(C)Cn1nnc2ccccc21. The molecule has 1 heterocycles. The van der Waals surface area contributed by atoms with Crippen LogP contribution in [0.2, 0.25) is 0 Å². The van der Waals surface area contributed by atoms with E-state index in [9.17, 15) is 0 Å². The zero-order chi connectivity index (χ0) is 10.9. The van der Waals surface area contributed by atoms with E-state index in [1.165, 1.54) is 0 Å². The lowest BCUT2D eigenvalue weighted by Gasteiger charge is -2.27. The molecule has 0 aliphatic rings. The van der Waals surface area contributed by atoms with Gasteiger partial charge in [0.1, 0.15) is 5.52 Å². The second-order valence-corrected chi connectivity index (χ2v) is 4.47. The molecule has 0 saturated carbocycles. The van der Waals surface area contributed by atoms with Gasteiger partial charge >= 0.3 is 0 Å². The van der Waals surface area contributed by atoms with Crippen molar-refractivity contribution in [2.45, 2.75) is 13.6 Å². The molecule has 0 N–H and O–H groups in total. The molecule has 4 heteroatoms. The highest BCUT2D eigenvalue weighted by Crippen LogP contribution is 2.11. The normalized spacial score (nSPS) is 12.2. The van der Waals surface area contributed by atoms with Gasteiger partial charge in [-0.3, -0.25) is 0 Å². The summed E-state index contributed by atoms with van der Waals surface area (Å²) in [7, 11) is 4.38. The molecule has 0 spiro atoms. The molecule has 0 amide bonds. The van der Waals surface area contributed by atoms with Crippen LogP contribution in [0.15, 0.2) is 24.3 Å². The van der Waals surface area contributed by atoms with E-state index in [4.69, 9.17) is 0 Å². The third kappa shape index (κ3) is 1.99. The summed E-state index contributed by atoms with van der Waals surface area (Å²) in [6.07, 6.45) is 0. The molecular weight excluding hydrogens is 188 g/mol. The lowest BCUT2D eigenvalue weighted by atomic mass is 10.3. The van der Waals surface area contributed by atoms with E-state index in [0.29, 0.717) is 0 Å². The Bertz CT molecular complexity index is 458. The Morgan fingerprint density at radius 1 is 1.27 bits per heavy atom. The van der Waals surface area contributed by atoms with Crippen molar-refractivity contribution in [3.8, 4) is 0 Å². The lowest BCUT2D eigenvalue weighted by Crippen LogP contribution is -2.40. The molecule has 1 aromatic carbocycles. The van der Waals surface area contributed by atoms with Gasteiger partial charge in [0, 0.05) is 0 Å². The van der Waals surface area contributed by atoms with Crippen molar-refractivity contribution in [3.63, 3.8) is 0 Å². The Labute approximate surface area is 89.7 Å².